The first-order valence-corrected chi connectivity index (χ1v) is 12.5. The van der Waals surface area contributed by atoms with E-state index < -0.39 is 29.3 Å². The van der Waals surface area contributed by atoms with Crippen LogP contribution < -0.4 is 10.6 Å². The highest BCUT2D eigenvalue weighted by atomic mass is 16.6. The van der Waals surface area contributed by atoms with E-state index in [0.717, 1.165) is 24.8 Å². The van der Waals surface area contributed by atoms with Crippen LogP contribution in [-0.4, -0.2) is 46.0 Å². The Morgan fingerprint density at radius 1 is 1.11 bits per heavy atom. The van der Waals surface area contributed by atoms with Crippen molar-refractivity contribution in [1.82, 2.24) is 15.5 Å². The summed E-state index contributed by atoms with van der Waals surface area (Å²) in [7, 11) is 0. The molecule has 7 nitrogen and oxygen atoms in total. The summed E-state index contributed by atoms with van der Waals surface area (Å²) in [5, 5.41) is 5.84. The van der Waals surface area contributed by atoms with Crippen molar-refractivity contribution in [2.24, 2.45) is 5.92 Å². The van der Waals surface area contributed by atoms with E-state index in [4.69, 9.17) is 4.74 Å². The Labute approximate surface area is 210 Å². The molecule has 0 aliphatic heterocycles. The van der Waals surface area contributed by atoms with Crippen molar-refractivity contribution in [3.05, 3.63) is 42.0 Å². The highest BCUT2D eigenvalue weighted by Crippen LogP contribution is 2.35. The number of nitrogens with one attached hydrogen (secondary N) is 2. The van der Waals surface area contributed by atoms with Crippen molar-refractivity contribution in [3.8, 4) is 0 Å². The molecular formula is C28H43N3O4. The van der Waals surface area contributed by atoms with Gasteiger partial charge in [-0.05, 0) is 83.9 Å². The fraction of sp³-hybridized carbons (Fsp3) is 0.607. The minimum absolute atomic E-state index is 0.0905. The third-order valence-electron chi connectivity index (χ3n) is 5.81. The number of ether oxygens (including phenoxy) is 1. The predicted molar refractivity (Wildman–Crippen MR) is 140 cm³/mol. The summed E-state index contributed by atoms with van der Waals surface area (Å²) in [5.74, 6) is -0.740. The molecule has 1 aliphatic carbocycles. The maximum absolute atomic E-state index is 14.1. The van der Waals surface area contributed by atoms with E-state index in [1.54, 1.807) is 31.7 Å². The van der Waals surface area contributed by atoms with Gasteiger partial charge in [0.25, 0.3) is 0 Å². The summed E-state index contributed by atoms with van der Waals surface area (Å²) in [5.41, 5.74) is 0.405. The van der Waals surface area contributed by atoms with Crippen molar-refractivity contribution in [2.45, 2.75) is 104 Å². The molecule has 1 aromatic rings. The van der Waals surface area contributed by atoms with Gasteiger partial charge in [0.05, 0.1) is 0 Å². The molecule has 3 amide bonds. The number of hydrogen-bond acceptors (Lipinski definition) is 4. The molecule has 1 saturated carbocycles. The van der Waals surface area contributed by atoms with E-state index >= 15 is 0 Å². The van der Waals surface area contributed by atoms with Crippen LogP contribution in [0.25, 0.3) is 6.08 Å². The monoisotopic (exact) mass is 485 g/mol. The molecule has 2 N–H and O–H groups in total. The van der Waals surface area contributed by atoms with Gasteiger partial charge >= 0.3 is 6.09 Å². The Morgan fingerprint density at radius 2 is 1.74 bits per heavy atom. The van der Waals surface area contributed by atoms with E-state index in [-0.39, 0.29) is 23.8 Å². The van der Waals surface area contributed by atoms with Gasteiger partial charge in [-0.25, -0.2) is 4.79 Å². The zero-order valence-corrected chi connectivity index (χ0v) is 22.6. The number of carbonyl (C=O) groups is 3. The van der Waals surface area contributed by atoms with Crippen LogP contribution in [0.2, 0.25) is 0 Å². The molecule has 194 valence electrons. The predicted octanol–water partition coefficient (Wildman–Crippen LogP) is 5.22. The third kappa shape index (κ3) is 8.11. The molecule has 0 heterocycles. The summed E-state index contributed by atoms with van der Waals surface area (Å²) in [4.78, 5) is 42.1. The third-order valence-corrected chi connectivity index (χ3v) is 5.81. The summed E-state index contributed by atoms with van der Waals surface area (Å²) >= 11 is 0. The lowest BCUT2D eigenvalue weighted by atomic mass is 9.87. The SMILES string of the molecule is C=Cc1cccc(C(C(=O)NC(C)(C)C)N(C(=O)C(NC(=O)OC(C)(C)C)C(C)C)C2CCC2)c1. The fourth-order valence-electron chi connectivity index (χ4n) is 4.02. The standard InChI is InChI=1S/C28H43N3O4/c1-10-19-13-11-14-20(17-19)23(24(32)30-27(4,5)6)31(21-15-12-16-21)25(33)22(18(2)3)29-26(34)35-28(7,8)9/h10-11,13-14,17-18,21-23H,1,12,15-16H2,2-9H3,(H,29,34)(H,30,32). The first kappa shape index (κ1) is 28.4. The van der Waals surface area contributed by atoms with E-state index in [1.807, 2.05) is 58.9 Å². The number of carbonyl (C=O) groups excluding carboxylic acids is 3. The Bertz CT molecular complexity index is 923. The van der Waals surface area contributed by atoms with Gasteiger partial charge in [0.2, 0.25) is 11.8 Å². The molecule has 2 rings (SSSR count). The smallest absolute Gasteiger partial charge is 0.408 e. The molecule has 2 atom stereocenters. The largest absolute Gasteiger partial charge is 0.444 e. The van der Waals surface area contributed by atoms with Gasteiger partial charge < -0.3 is 20.3 Å². The van der Waals surface area contributed by atoms with Gasteiger partial charge in [0, 0.05) is 11.6 Å². The lowest BCUT2D eigenvalue weighted by Crippen LogP contribution is -2.59. The van der Waals surface area contributed by atoms with E-state index in [9.17, 15) is 14.4 Å². The summed E-state index contributed by atoms with van der Waals surface area (Å²) in [6.45, 7) is 18.7. The number of hydrogen-bond donors (Lipinski definition) is 2. The van der Waals surface area contributed by atoms with Crippen LogP contribution in [-0.2, 0) is 14.3 Å². The Morgan fingerprint density at radius 3 is 2.20 bits per heavy atom. The minimum Gasteiger partial charge on any atom is -0.444 e. The zero-order chi connectivity index (χ0) is 26.6. The van der Waals surface area contributed by atoms with Gasteiger partial charge in [0.15, 0.2) is 0 Å². The highest BCUT2D eigenvalue weighted by molar-refractivity contribution is 5.93. The molecule has 0 aromatic heterocycles. The van der Waals surface area contributed by atoms with Crippen LogP contribution in [0.4, 0.5) is 4.79 Å². The second kappa shape index (κ2) is 11.3. The molecule has 0 bridgehead atoms. The van der Waals surface area contributed by atoms with Crippen molar-refractivity contribution in [2.75, 3.05) is 0 Å². The second-order valence-corrected chi connectivity index (χ2v) is 11.7. The minimum atomic E-state index is -0.839. The molecule has 0 radical (unpaired) electrons. The normalized spacial score (nSPS) is 16.0. The summed E-state index contributed by atoms with van der Waals surface area (Å²) in [6.07, 6.45) is 3.68. The molecule has 1 aliphatic rings. The van der Waals surface area contributed by atoms with Crippen LogP contribution in [0.1, 0.15) is 91.8 Å². The number of nitrogens with zero attached hydrogens (tertiary/aromatic N) is 1. The van der Waals surface area contributed by atoms with Crippen LogP contribution in [0, 0.1) is 5.92 Å². The molecule has 0 saturated heterocycles. The fourth-order valence-corrected chi connectivity index (χ4v) is 4.02. The molecule has 7 heteroatoms. The van der Waals surface area contributed by atoms with E-state index in [0.29, 0.717) is 5.56 Å². The lowest BCUT2D eigenvalue weighted by Gasteiger charge is -2.44. The van der Waals surface area contributed by atoms with Crippen molar-refractivity contribution in [3.63, 3.8) is 0 Å². The lowest BCUT2D eigenvalue weighted by molar-refractivity contribution is -0.148. The van der Waals surface area contributed by atoms with Crippen LogP contribution in [0.5, 0.6) is 0 Å². The van der Waals surface area contributed by atoms with Gasteiger partial charge in [-0.3, -0.25) is 9.59 Å². The number of amides is 3. The van der Waals surface area contributed by atoms with Crippen molar-refractivity contribution >= 4 is 24.0 Å². The van der Waals surface area contributed by atoms with Crippen LogP contribution >= 0.6 is 0 Å². The maximum Gasteiger partial charge on any atom is 0.408 e. The Balaban J connectivity index is 2.53. The molecule has 2 unspecified atom stereocenters. The average molecular weight is 486 g/mol. The zero-order valence-electron chi connectivity index (χ0n) is 22.6. The van der Waals surface area contributed by atoms with E-state index in [2.05, 4.69) is 17.2 Å². The quantitative estimate of drug-likeness (QED) is 0.529. The second-order valence-electron chi connectivity index (χ2n) is 11.7. The topological polar surface area (TPSA) is 87.7 Å². The molecule has 1 fully saturated rings. The average Bonchev–Trinajstić information content (AvgIpc) is 2.67. The Hall–Kier alpha value is -2.83. The number of benzene rings is 1. The summed E-state index contributed by atoms with van der Waals surface area (Å²) in [6, 6.07) is 5.77. The number of alkyl carbamates (subject to hydrolysis) is 1. The Kier molecular flexibility index (Phi) is 9.15. The van der Waals surface area contributed by atoms with E-state index in [1.165, 1.54) is 0 Å². The maximum atomic E-state index is 14.1. The van der Waals surface area contributed by atoms with Crippen molar-refractivity contribution < 1.29 is 19.1 Å². The van der Waals surface area contributed by atoms with Gasteiger partial charge in [-0.2, -0.15) is 0 Å². The van der Waals surface area contributed by atoms with Gasteiger partial charge in [0.1, 0.15) is 17.7 Å². The molecule has 35 heavy (non-hydrogen) atoms. The first-order valence-electron chi connectivity index (χ1n) is 12.5. The van der Waals surface area contributed by atoms with Crippen molar-refractivity contribution in [1.29, 1.82) is 0 Å². The summed E-state index contributed by atoms with van der Waals surface area (Å²) < 4.78 is 5.43. The van der Waals surface area contributed by atoms with Gasteiger partial charge in [-0.1, -0.05) is 44.7 Å². The van der Waals surface area contributed by atoms with Crippen LogP contribution in [0.15, 0.2) is 30.8 Å². The first-order chi connectivity index (χ1) is 16.1. The molecular weight excluding hydrogens is 442 g/mol. The highest BCUT2D eigenvalue weighted by Gasteiger charge is 2.43. The van der Waals surface area contributed by atoms with Crippen LogP contribution in [0.3, 0.4) is 0 Å². The molecule has 0 spiro atoms. The molecule has 1 aromatic carbocycles. The number of rotatable bonds is 8. The van der Waals surface area contributed by atoms with Gasteiger partial charge in [-0.15, -0.1) is 0 Å².